The van der Waals surface area contributed by atoms with E-state index >= 15 is 0 Å². The normalized spacial score (nSPS) is 13.8. The number of anilines is 4. The smallest absolute Gasteiger partial charge is 0.261 e. The van der Waals surface area contributed by atoms with E-state index in [9.17, 15) is 8.42 Å². The molecule has 1 aromatic heterocycles. The van der Waals surface area contributed by atoms with Crippen molar-refractivity contribution in [2.75, 3.05) is 35.1 Å². The fourth-order valence-electron chi connectivity index (χ4n) is 3.68. The van der Waals surface area contributed by atoms with Crippen LogP contribution in [-0.2, 0) is 10.0 Å². The lowest BCUT2D eigenvalue weighted by atomic mass is 10.2. The second-order valence-electron chi connectivity index (χ2n) is 7.83. The summed E-state index contributed by atoms with van der Waals surface area (Å²) in [5.74, 6) is 2.10. The molecule has 0 bridgehead atoms. The second kappa shape index (κ2) is 9.04. The van der Waals surface area contributed by atoms with Gasteiger partial charge in [0.1, 0.15) is 11.6 Å². The van der Waals surface area contributed by atoms with Crippen LogP contribution in [0.3, 0.4) is 0 Å². The molecule has 2 aromatic carbocycles. The lowest BCUT2D eigenvalue weighted by molar-refractivity contribution is 0.411. The summed E-state index contributed by atoms with van der Waals surface area (Å²) in [4.78, 5) is 11.6. The molecule has 4 rings (SSSR count). The Labute approximate surface area is 188 Å². The van der Waals surface area contributed by atoms with E-state index in [1.54, 1.807) is 31.4 Å². The number of aryl methyl sites for hydroxylation is 2. The highest BCUT2D eigenvalue weighted by Gasteiger charge is 2.17. The molecule has 2 heterocycles. The number of hydrogen-bond donors (Lipinski definition) is 2. The van der Waals surface area contributed by atoms with E-state index in [2.05, 4.69) is 24.9 Å². The van der Waals surface area contributed by atoms with Gasteiger partial charge in [-0.3, -0.25) is 4.72 Å². The number of aromatic nitrogens is 2. The standard InChI is InChI=1S/C23H27N5O3S/c1-16-14-20(10-11-21(16)31-3)32(29,30)27-19-8-6-18(7-9-19)25-22-15-17(2)24-23(26-22)28-12-4-5-13-28/h6-11,14-15,27H,4-5,12-13H2,1-3H3,(H,24,25,26). The summed E-state index contributed by atoms with van der Waals surface area (Å²) in [7, 11) is -2.15. The average Bonchev–Trinajstić information content (AvgIpc) is 3.29. The van der Waals surface area contributed by atoms with Crippen LogP contribution in [-0.4, -0.2) is 38.6 Å². The Kier molecular flexibility index (Phi) is 6.18. The van der Waals surface area contributed by atoms with Crippen molar-refractivity contribution in [2.45, 2.75) is 31.6 Å². The van der Waals surface area contributed by atoms with Crippen molar-refractivity contribution < 1.29 is 13.2 Å². The number of nitrogens with one attached hydrogen (secondary N) is 2. The van der Waals surface area contributed by atoms with E-state index in [1.165, 1.54) is 6.07 Å². The molecule has 0 aliphatic carbocycles. The Hall–Kier alpha value is -3.33. The maximum absolute atomic E-state index is 12.7. The van der Waals surface area contributed by atoms with Crippen molar-refractivity contribution in [2.24, 2.45) is 0 Å². The van der Waals surface area contributed by atoms with Crippen LogP contribution in [0.4, 0.5) is 23.1 Å². The zero-order valence-electron chi connectivity index (χ0n) is 18.4. The maximum Gasteiger partial charge on any atom is 0.261 e. The highest BCUT2D eigenvalue weighted by molar-refractivity contribution is 7.92. The molecule has 1 fully saturated rings. The van der Waals surface area contributed by atoms with Crippen LogP contribution in [0.25, 0.3) is 0 Å². The van der Waals surface area contributed by atoms with Crippen LogP contribution >= 0.6 is 0 Å². The molecule has 8 nitrogen and oxygen atoms in total. The number of rotatable bonds is 7. The fourth-order valence-corrected chi connectivity index (χ4v) is 4.82. The molecular formula is C23H27N5O3S. The van der Waals surface area contributed by atoms with E-state index in [4.69, 9.17) is 4.74 Å². The number of nitrogens with zero attached hydrogens (tertiary/aromatic N) is 3. The third kappa shape index (κ3) is 4.94. The van der Waals surface area contributed by atoms with Gasteiger partial charge in [-0.1, -0.05) is 0 Å². The third-order valence-electron chi connectivity index (χ3n) is 5.32. The maximum atomic E-state index is 12.7. The van der Waals surface area contributed by atoms with Crippen LogP contribution in [0.15, 0.2) is 53.4 Å². The second-order valence-corrected chi connectivity index (χ2v) is 9.51. The van der Waals surface area contributed by atoms with E-state index in [1.807, 2.05) is 32.0 Å². The molecule has 1 aliphatic rings. The molecule has 0 atom stereocenters. The molecule has 3 aromatic rings. The van der Waals surface area contributed by atoms with Gasteiger partial charge in [0.2, 0.25) is 5.95 Å². The zero-order valence-corrected chi connectivity index (χ0v) is 19.2. The average molecular weight is 454 g/mol. The van der Waals surface area contributed by atoms with Crippen LogP contribution in [0.1, 0.15) is 24.1 Å². The van der Waals surface area contributed by atoms with Crippen molar-refractivity contribution in [1.82, 2.24) is 9.97 Å². The SMILES string of the molecule is COc1ccc(S(=O)(=O)Nc2ccc(Nc3cc(C)nc(N4CCCC4)n3)cc2)cc1C. The Balaban J connectivity index is 1.47. The summed E-state index contributed by atoms with van der Waals surface area (Å²) in [6.07, 6.45) is 2.32. The molecular weight excluding hydrogens is 426 g/mol. The van der Waals surface area contributed by atoms with Crippen molar-refractivity contribution in [3.63, 3.8) is 0 Å². The molecule has 0 spiro atoms. The van der Waals surface area contributed by atoms with Crippen molar-refractivity contribution in [3.8, 4) is 5.75 Å². The van der Waals surface area contributed by atoms with Gasteiger partial charge in [-0.15, -0.1) is 0 Å². The van der Waals surface area contributed by atoms with Crippen molar-refractivity contribution >= 4 is 33.2 Å². The first-order valence-corrected chi connectivity index (χ1v) is 12.0. The Bertz CT molecular complexity index is 1210. The Morgan fingerprint density at radius 2 is 1.62 bits per heavy atom. The van der Waals surface area contributed by atoms with E-state index in [0.29, 0.717) is 17.3 Å². The molecule has 1 saturated heterocycles. The number of hydrogen-bond acceptors (Lipinski definition) is 7. The fraction of sp³-hybridized carbons (Fsp3) is 0.304. The molecule has 0 amide bonds. The molecule has 32 heavy (non-hydrogen) atoms. The summed E-state index contributed by atoms with van der Waals surface area (Å²) < 4.78 is 33.3. The summed E-state index contributed by atoms with van der Waals surface area (Å²) in [5.41, 5.74) is 2.92. The molecule has 2 N–H and O–H groups in total. The van der Waals surface area contributed by atoms with Gasteiger partial charge in [-0.05, 0) is 74.7 Å². The van der Waals surface area contributed by atoms with Crippen LogP contribution in [0, 0.1) is 13.8 Å². The summed E-state index contributed by atoms with van der Waals surface area (Å²) in [6, 6.07) is 13.7. The minimum absolute atomic E-state index is 0.184. The van der Waals surface area contributed by atoms with E-state index < -0.39 is 10.0 Å². The lowest BCUT2D eigenvalue weighted by Gasteiger charge is -2.17. The monoisotopic (exact) mass is 453 g/mol. The Morgan fingerprint density at radius 1 is 0.938 bits per heavy atom. The zero-order chi connectivity index (χ0) is 22.7. The van der Waals surface area contributed by atoms with Gasteiger partial charge >= 0.3 is 0 Å². The van der Waals surface area contributed by atoms with Gasteiger partial charge in [0, 0.05) is 36.2 Å². The first-order chi connectivity index (χ1) is 15.3. The number of benzene rings is 2. The summed E-state index contributed by atoms with van der Waals surface area (Å²) in [6.45, 7) is 5.71. The van der Waals surface area contributed by atoms with E-state index in [0.717, 1.165) is 48.8 Å². The van der Waals surface area contributed by atoms with Gasteiger partial charge in [0.25, 0.3) is 10.0 Å². The number of ether oxygens (including phenoxy) is 1. The first-order valence-electron chi connectivity index (χ1n) is 10.5. The van der Waals surface area contributed by atoms with Gasteiger partial charge < -0.3 is 15.0 Å². The van der Waals surface area contributed by atoms with Crippen molar-refractivity contribution in [1.29, 1.82) is 0 Å². The lowest BCUT2D eigenvalue weighted by Crippen LogP contribution is -2.21. The van der Waals surface area contributed by atoms with Gasteiger partial charge in [-0.25, -0.2) is 13.4 Å². The molecule has 0 saturated carbocycles. The predicted molar refractivity (Wildman–Crippen MR) is 126 cm³/mol. The topological polar surface area (TPSA) is 96.5 Å². The highest BCUT2D eigenvalue weighted by Crippen LogP contribution is 2.25. The molecule has 0 unspecified atom stereocenters. The largest absolute Gasteiger partial charge is 0.496 e. The van der Waals surface area contributed by atoms with Crippen molar-refractivity contribution in [3.05, 3.63) is 59.8 Å². The van der Waals surface area contributed by atoms with Gasteiger partial charge in [0.05, 0.1) is 12.0 Å². The van der Waals surface area contributed by atoms with Crippen LogP contribution in [0.2, 0.25) is 0 Å². The quantitative estimate of drug-likeness (QED) is 0.552. The van der Waals surface area contributed by atoms with E-state index in [-0.39, 0.29) is 4.90 Å². The minimum atomic E-state index is -3.71. The van der Waals surface area contributed by atoms with Gasteiger partial charge in [-0.2, -0.15) is 4.98 Å². The highest BCUT2D eigenvalue weighted by atomic mass is 32.2. The predicted octanol–water partition coefficient (Wildman–Crippen LogP) is 4.25. The molecule has 0 radical (unpaired) electrons. The van der Waals surface area contributed by atoms with Crippen LogP contribution < -0.4 is 19.7 Å². The Morgan fingerprint density at radius 3 is 2.28 bits per heavy atom. The molecule has 1 aliphatic heterocycles. The van der Waals surface area contributed by atoms with Crippen LogP contribution in [0.5, 0.6) is 5.75 Å². The molecule has 9 heteroatoms. The molecule has 168 valence electrons. The third-order valence-corrected chi connectivity index (χ3v) is 6.70. The summed E-state index contributed by atoms with van der Waals surface area (Å²) >= 11 is 0. The first kappa shape index (κ1) is 21.9. The number of sulfonamides is 1. The minimum Gasteiger partial charge on any atom is -0.496 e. The van der Waals surface area contributed by atoms with Gasteiger partial charge in [0.15, 0.2) is 0 Å². The summed E-state index contributed by atoms with van der Waals surface area (Å²) in [5, 5.41) is 3.28. The number of methoxy groups -OCH3 is 1.